The van der Waals surface area contributed by atoms with Crippen LogP contribution in [0.15, 0.2) is 6.07 Å². The van der Waals surface area contributed by atoms with Gasteiger partial charge in [0.1, 0.15) is 16.1 Å². The lowest BCUT2D eigenvalue weighted by Crippen LogP contribution is -1.96. The zero-order chi connectivity index (χ0) is 10.0. The molecule has 0 spiro atoms. The second kappa shape index (κ2) is 4.07. The smallest absolute Gasteiger partial charge is 0.270 e. The van der Waals surface area contributed by atoms with Gasteiger partial charge in [-0.1, -0.05) is 23.2 Å². The monoisotopic (exact) mass is 227 g/mol. The van der Waals surface area contributed by atoms with Crippen LogP contribution in [0.1, 0.15) is 12.0 Å². The van der Waals surface area contributed by atoms with Crippen molar-refractivity contribution in [3.63, 3.8) is 0 Å². The molecule has 1 heterocycles. The molecule has 0 aromatic carbocycles. The van der Waals surface area contributed by atoms with E-state index in [1.165, 1.54) is 13.2 Å². The summed E-state index contributed by atoms with van der Waals surface area (Å²) in [6, 6.07) is 1.19. The number of methoxy groups -OCH3 is 1. The molecule has 13 heavy (non-hydrogen) atoms. The number of pyridine rings is 1. The summed E-state index contributed by atoms with van der Waals surface area (Å²) < 4.78 is 29.4. The second-order valence-electron chi connectivity index (χ2n) is 2.15. The zero-order valence-electron chi connectivity index (χ0n) is 6.52. The fourth-order valence-corrected chi connectivity index (χ4v) is 1.33. The first kappa shape index (κ1) is 10.5. The van der Waals surface area contributed by atoms with E-state index in [-0.39, 0.29) is 16.1 Å². The summed E-state index contributed by atoms with van der Waals surface area (Å²) in [7, 11) is 1.26. The zero-order valence-corrected chi connectivity index (χ0v) is 8.03. The van der Waals surface area contributed by atoms with Crippen molar-refractivity contribution in [3.8, 4) is 5.75 Å². The van der Waals surface area contributed by atoms with Gasteiger partial charge in [-0.2, -0.15) is 0 Å². The molecule has 0 bridgehead atoms. The SMILES string of the molecule is COc1cc(Cl)nc(Cl)c1C(F)F. The van der Waals surface area contributed by atoms with Gasteiger partial charge in [0.05, 0.1) is 12.7 Å². The molecule has 0 N–H and O–H groups in total. The van der Waals surface area contributed by atoms with Crippen molar-refractivity contribution >= 4 is 23.2 Å². The second-order valence-corrected chi connectivity index (χ2v) is 2.90. The molecule has 6 heteroatoms. The number of nitrogens with zero attached hydrogens (tertiary/aromatic N) is 1. The van der Waals surface area contributed by atoms with Crippen molar-refractivity contribution < 1.29 is 13.5 Å². The molecule has 0 aliphatic carbocycles. The summed E-state index contributed by atoms with van der Waals surface area (Å²) in [6.45, 7) is 0. The molecule has 0 unspecified atom stereocenters. The largest absolute Gasteiger partial charge is 0.496 e. The Hall–Kier alpha value is -0.610. The van der Waals surface area contributed by atoms with Crippen LogP contribution in [0.25, 0.3) is 0 Å². The molecular weight excluding hydrogens is 223 g/mol. The maximum atomic E-state index is 12.4. The van der Waals surface area contributed by atoms with Crippen molar-refractivity contribution in [2.24, 2.45) is 0 Å². The molecule has 0 aliphatic rings. The number of aromatic nitrogens is 1. The van der Waals surface area contributed by atoms with Gasteiger partial charge in [0, 0.05) is 6.07 Å². The summed E-state index contributed by atoms with van der Waals surface area (Å²) in [4.78, 5) is 3.47. The van der Waals surface area contributed by atoms with Crippen molar-refractivity contribution in [2.75, 3.05) is 7.11 Å². The maximum absolute atomic E-state index is 12.4. The van der Waals surface area contributed by atoms with Crippen LogP contribution in [0.2, 0.25) is 10.3 Å². The molecule has 1 aromatic heterocycles. The predicted molar refractivity (Wildman–Crippen MR) is 45.8 cm³/mol. The minimum absolute atomic E-state index is 0.0197. The Morgan fingerprint density at radius 2 is 2.08 bits per heavy atom. The molecule has 0 aliphatic heterocycles. The van der Waals surface area contributed by atoms with Crippen LogP contribution in [0, 0.1) is 0 Å². The molecule has 1 rings (SSSR count). The lowest BCUT2D eigenvalue weighted by atomic mass is 10.2. The van der Waals surface area contributed by atoms with E-state index in [9.17, 15) is 8.78 Å². The lowest BCUT2D eigenvalue weighted by molar-refractivity contribution is 0.146. The highest BCUT2D eigenvalue weighted by atomic mass is 35.5. The van der Waals surface area contributed by atoms with E-state index in [0.717, 1.165) is 0 Å². The predicted octanol–water partition coefficient (Wildman–Crippen LogP) is 3.33. The van der Waals surface area contributed by atoms with Gasteiger partial charge < -0.3 is 4.74 Å². The quantitative estimate of drug-likeness (QED) is 0.724. The van der Waals surface area contributed by atoms with E-state index in [1.54, 1.807) is 0 Å². The van der Waals surface area contributed by atoms with E-state index in [0.29, 0.717) is 0 Å². The maximum Gasteiger partial charge on any atom is 0.270 e. The van der Waals surface area contributed by atoms with Gasteiger partial charge in [-0.05, 0) is 0 Å². The van der Waals surface area contributed by atoms with Gasteiger partial charge in [0.25, 0.3) is 6.43 Å². The van der Waals surface area contributed by atoms with Gasteiger partial charge in [-0.25, -0.2) is 13.8 Å². The topological polar surface area (TPSA) is 22.1 Å². The Morgan fingerprint density at radius 1 is 1.46 bits per heavy atom. The molecule has 0 atom stereocenters. The molecule has 0 saturated carbocycles. The Morgan fingerprint density at radius 3 is 2.54 bits per heavy atom. The first-order valence-corrected chi connectivity index (χ1v) is 4.00. The Bertz CT molecular complexity index is 320. The van der Waals surface area contributed by atoms with Crippen LogP contribution in [0.4, 0.5) is 8.78 Å². The molecular formula is C7H5Cl2F2NO. The molecule has 0 radical (unpaired) electrons. The van der Waals surface area contributed by atoms with Crippen LogP contribution in [0.3, 0.4) is 0 Å². The van der Waals surface area contributed by atoms with Crippen molar-refractivity contribution in [1.29, 1.82) is 0 Å². The minimum atomic E-state index is -2.73. The molecule has 2 nitrogen and oxygen atoms in total. The first-order chi connectivity index (χ1) is 6.06. The minimum Gasteiger partial charge on any atom is -0.496 e. The third-order valence-corrected chi connectivity index (χ3v) is 1.86. The van der Waals surface area contributed by atoms with E-state index < -0.39 is 12.0 Å². The van der Waals surface area contributed by atoms with E-state index in [1.807, 2.05) is 0 Å². The number of rotatable bonds is 2. The molecule has 0 saturated heterocycles. The average Bonchev–Trinajstić information content (AvgIpc) is 2.01. The van der Waals surface area contributed by atoms with Crippen LogP contribution in [-0.2, 0) is 0 Å². The Labute approximate surface area is 83.4 Å². The van der Waals surface area contributed by atoms with Gasteiger partial charge in [-0.15, -0.1) is 0 Å². The highest BCUT2D eigenvalue weighted by Gasteiger charge is 2.19. The van der Waals surface area contributed by atoms with E-state index in [4.69, 9.17) is 23.2 Å². The number of hydrogen-bond donors (Lipinski definition) is 0. The third kappa shape index (κ3) is 2.19. The van der Waals surface area contributed by atoms with E-state index in [2.05, 4.69) is 9.72 Å². The number of ether oxygens (including phenoxy) is 1. The fraction of sp³-hybridized carbons (Fsp3) is 0.286. The van der Waals surface area contributed by atoms with Gasteiger partial charge in [0.2, 0.25) is 0 Å². The normalized spacial score (nSPS) is 10.6. The highest BCUT2D eigenvalue weighted by molar-refractivity contribution is 6.33. The van der Waals surface area contributed by atoms with Gasteiger partial charge in [-0.3, -0.25) is 0 Å². The molecule has 0 amide bonds. The van der Waals surface area contributed by atoms with Crippen molar-refractivity contribution in [3.05, 3.63) is 21.9 Å². The molecule has 0 fully saturated rings. The summed E-state index contributed by atoms with van der Waals surface area (Å²) in [5.41, 5.74) is -0.437. The summed E-state index contributed by atoms with van der Waals surface area (Å²) in [6.07, 6.45) is -2.73. The lowest BCUT2D eigenvalue weighted by Gasteiger charge is -2.08. The summed E-state index contributed by atoms with van der Waals surface area (Å²) >= 11 is 10.9. The average molecular weight is 228 g/mol. The molecule has 1 aromatic rings. The number of halogens is 4. The summed E-state index contributed by atoms with van der Waals surface area (Å²) in [5.74, 6) is -0.0556. The Balaban J connectivity index is 3.30. The van der Waals surface area contributed by atoms with Crippen LogP contribution in [0.5, 0.6) is 5.75 Å². The number of alkyl halides is 2. The fourth-order valence-electron chi connectivity index (χ4n) is 0.840. The van der Waals surface area contributed by atoms with Crippen molar-refractivity contribution in [2.45, 2.75) is 6.43 Å². The Kier molecular flexibility index (Phi) is 3.27. The highest BCUT2D eigenvalue weighted by Crippen LogP contribution is 2.35. The first-order valence-electron chi connectivity index (χ1n) is 3.24. The van der Waals surface area contributed by atoms with Gasteiger partial charge in [0.15, 0.2) is 0 Å². The van der Waals surface area contributed by atoms with Crippen LogP contribution in [-0.4, -0.2) is 12.1 Å². The van der Waals surface area contributed by atoms with Crippen LogP contribution < -0.4 is 4.74 Å². The van der Waals surface area contributed by atoms with Crippen LogP contribution >= 0.6 is 23.2 Å². The third-order valence-electron chi connectivity index (χ3n) is 1.38. The van der Waals surface area contributed by atoms with E-state index >= 15 is 0 Å². The number of hydrogen-bond acceptors (Lipinski definition) is 2. The van der Waals surface area contributed by atoms with Gasteiger partial charge >= 0.3 is 0 Å². The summed E-state index contributed by atoms with van der Waals surface area (Å²) in [5, 5.41) is -0.314. The molecule has 72 valence electrons. The standard InChI is InChI=1S/C7H5Cl2F2NO/c1-13-3-2-4(8)12-6(9)5(3)7(10)11/h2,7H,1H3. The van der Waals surface area contributed by atoms with Crippen molar-refractivity contribution in [1.82, 2.24) is 4.98 Å².